The van der Waals surface area contributed by atoms with Crippen LogP contribution in [0.25, 0.3) is 10.9 Å². The van der Waals surface area contributed by atoms with Gasteiger partial charge < -0.3 is 14.5 Å². The van der Waals surface area contributed by atoms with Gasteiger partial charge in [-0.15, -0.1) is 0 Å². The molecule has 0 atom stereocenters. The summed E-state index contributed by atoms with van der Waals surface area (Å²) < 4.78 is 2.91. The summed E-state index contributed by atoms with van der Waals surface area (Å²) in [5.41, 5.74) is 3.16. The number of carboxylic acids is 1. The normalized spacial score (nSPS) is 12.0. The first-order valence-electron chi connectivity index (χ1n) is 11.9. The summed E-state index contributed by atoms with van der Waals surface area (Å²) in [5, 5.41) is 15.5. The molecule has 0 amide bonds. The Morgan fingerprint density at radius 1 is 0.865 bits per heavy atom. The zero-order valence-electron chi connectivity index (χ0n) is 20.2. The van der Waals surface area contributed by atoms with Crippen molar-refractivity contribution in [3.8, 4) is 0 Å². The molecule has 37 heavy (non-hydrogen) atoms. The average Bonchev–Trinajstić information content (AvgIpc) is 3.24. The van der Waals surface area contributed by atoms with Gasteiger partial charge in [-0.2, -0.15) is 0 Å². The molecule has 5 rings (SSSR count). The molecule has 0 unspecified atom stereocenters. The Balaban J connectivity index is 1.65. The monoisotopic (exact) mass is 552 g/mol. The number of oxime groups is 1. The van der Waals surface area contributed by atoms with Gasteiger partial charge in [0, 0.05) is 51.7 Å². The zero-order valence-corrected chi connectivity index (χ0v) is 21.8. The second kappa shape index (κ2) is 10.4. The smallest absolute Gasteiger partial charge is 0.354 e. The number of carbonyl (C=O) groups is 1. The van der Waals surface area contributed by atoms with Gasteiger partial charge in [0.2, 0.25) is 5.60 Å². The van der Waals surface area contributed by atoms with Crippen molar-refractivity contribution in [2.24, 2.45) is 12.2 Å². The molecule has 0 radical (unpaired) electrons. The van der Waals surface area contributed by atoms with Crippen molar-refractivity contribution in [3.63, 3.8) is 0 Å². The topological polar surface area (TPSA) is 63.8 Å². The quantitative estimate of drug-likeness (QED) is 0.129. The summed E-state index contributed by atoms with van der Waals surface area (Å²) in [6.07, 6.45) is 2.05. The van der Waals surface area contributed by atoms with Gasteiger partial charge in [0.05, 0.1) is 0 Å². The van der Waals surface area contributed by atoms with Crippen molar-refractivity contribution in [2.75, 3.05) is 0 Å². The number of carboxylic acid groups (broad SMARTS) is 1. The predicted octanol–water partition coefficient (Wildman–Crippen LogP) is 6.93. The van der Waals surface area contributed by atoms with Gasteiger partial charge in [-0.25, -0.2) is 4.79 Å². The minimum absolute atomic E-state index is 0.0837. The van der Waals surface area contributed by atoms with E-state index < -0.39 is 11.6 Å². The van der Waals surface area contributed by atoms with Crippen LogP contribution in [0.2, 0.25) is 0 Å². The van der Waals surface area contributed by atoms with Crippen LogP contribution in [0.3, 0.4) is 0 Å². The van der Waals surface area contributed by atoms with Crippen LogP contribution in [0.15, 0.2) is 125 Å². The van der Waals surface area contributed by atoms with Crippen molar-refractivity contribution in [1.82, 2.24) is 4.57 Å². The van der Waals surface area contributed by atoms with Crippen LogP contribution in [0.1, 0.15) is 22.3 Å². The van der Waals surface area contributed by atoms with Crippen LogP contribution >= 0.6 is 15.9 Å². The van der Waals surface area contributed by atoms with E-state index in [2.05, 4.69) is 21.1 Å². The van der Waals surface area contributed by atoms with E-state index in [1.165, 1.54) is 0 Å². The maximum absolute atomic E-state index is 12.4. The van der Waals surface area contributed by atoms with Gasteiger partial charge in [-0.3, -0.25) is 0 Å². The molecule has 0 saturated heterocycles. The van der Waals surface area contributed by atoms with E-state index in [0.29, 0.717) is 0 Å². The largest absolute Gasteiger partial charge is 0.477 e. The lowest BCUT2D eigenvalue weighted by molar-refractivity contribution is -0.129. The Hall–Kier alpha value is -4.16. The molecule has 0 saturated carbocycles. The number of aromatic nitrogens is 1. The number of nitrogens with zero attached hydrogens (tertiary/aromatic N) is 2. The summed E-state index contributed by atoms with van der Waals surface area (Å²) in [6, 6.07) is 35.2. The molecule has 0 aliphatic heterocycles. The Morgan fingerprint density at radius 3 is 1.86 bits per heavy atom. The lowest BCUT2D eigenvalue weighted by Gasteiger charge is -2.33. The van der Waals surface area contributed by atoms with Gasteiger partial charge in [0.25, 0.3) is 0 Å². The standard InChI is InChI=1S/C31H25BrN2O3/c1-34-21-22(27-20-26(32)17-18-29(27)34)19-28(30(35)36)33-37-31(23-11-5-2-6-12-23,24-13-7-3-8-14-24)25-15-9-4-10-16-25/h2-18,20-21H,19H2,1H3,(H,35,36)/b33-28+. The van der Waals surface area contributed by atoms with Crippen LogP contribution in [-0.2, 0) is 28.7 Å². The second-order valence-corrected chi connectivity index (χ2v) is 9.73. The summed E-state index contributed by atoms with van der Waals surface area (Å²) >= 11 is 3.52. The number of rotatable bonds is 8. The number of aliphatic carboxylic acids is 1. The lowest BCUT2D eigenvalue weighted by atomic mass is 9.80. The first-order valence-corrected chi connectivity index (χ1v) is 12.7. The van der Waals surface area contributed by atoms with Crippen LogP contribution in [0, 0.1) is 0 Å². The Morgan fingerprint density at radius 2 is 1.38 bits per heavy atom. The molecule has 0 aliphatic carbocycles. The van der Waals surface area contributed by atoms with Crippen molar-refractivity contribution < 1.29 is 14.7 Å². The summed E-state index contributed by atoms with van der Waals surface area (Å²) in [4.78, 5) is 18.8. The fourth-order valence-corrected chi connectivity index (χ4v) is 5.08. The van der Waals surface area contributed by atoms with E-state index in [0.717, 1.165) is 37.6 Å². The van der Waals surface area contributed by atoms with E-state index in [9.17, 15) is 9.90 Å². The van der Waals surface area contributed by atoms with Crippen LogP contribution in [0.5, 0.6) is 0 Å². The molecule has 0 bridgehead atoms. The van der Waals surface area contributed by atoms with Crippen molar-refractivity contribution in [1.29, 1.82) is 0 Å². The fraction of sp³-hybridized carbons (Fsp3) is 0.0968. The molecule has 1 aromatic heterocycles. The van der Waals surface area contributed by atoms with Gasteiger partial charge in [0.1, 0.15) is 0 Å². The summed E-state index contributed by atoms with van der Waals surface area (Å²) in [7, 11) is 1.94. The molecule has 1 heterocycles. The molecule has 184 valence electrons. The molecule has 1 N–H and O–H groups in total. The van der Waals surface area contributed by atoms with Gasteiger partial charge >= 0.3 is 5.97 Å². The first-order chi connectivity index (χ1) is 18.0. The molecule has 5 aromatic rings. The highest BCUT2D eigenvalue weighted by molar-refractivity contribution is 9.10. The minimum Gasteiger partial charge on any atom is -0.477 e. The first kappa shape index (κ1) is 24.5. The third-order valence-corrected chi connectivity index (χ3v) is 6.97. The van der Waals surface area contributed by atoms with Crippen molar-refractivity contribution in [2.45, 2.75) is 12.0 Å². The number of fused-ring (bicyclic) bond motifs is 1. The second-order valence-electron chi connectivity index (χ2n) is 8.82. The molecule has 0 fully saturated rings. The van der Waals surface area contributed by atoms with Gasteiger partial charge in [-0.05, 0) is 23.8 Å². The maximum Gasteiger partial charge on any atom is 0.354 e. The molecule has 4 aromatic carbocycles. The Labute approximate surface area is 223 Å². The van der Waals surface area contributed by atoms with E-state index in [-0.39, 0.29) is 12.1 Å². The van der Waals surface area contributed by atoms with Crippen LogP contribution in [-0.4, -0.2) is 21.4 Å². The average molecular weight is 553 g/mol. The fourth-order valence-electron chi connectivity index (χ4n) is 4.71. The van der Waals surface area contributed by atoms with Gasteiger partial charge in [-0.1, -0.05) is 112 Å². The number of hydrogen-bond donors (Lipinski definition) is 1. The van der Waals surface area contributed by atoms with E-state index in [1.807, 2.05) is 127 Å². The highest BCUT2D eigenvalue weighted by Gasteiger charge is 2.40. The van der Waals surface area contributed by atoms with E-state index in [4.69, 9.17) is 4.84 Å². The maximum atomic E-state index is 12.4. The number of benzene rings is 4. The summed E-state index contributed by atoms with van der Waals surface area (Å²) in [5.74, 6) is -1.13. The molecular weight excluding hydrogens is 528 g/mol. The summed E-state index contributed by atoms with van der Waals surface area (Å²) in [6.45, 7) is 0. The molecule has 6 heteroatoms. The number of halogens is 1. The number of aryl methyl sites for hydroxylation is 1. The van der Waals surface area contributed by atoms with Crippen LogP contribution in [0.4, 0.5) is 0 Å². The van der Waals surface area contributed by atoms with E-state index >= 15 is 0 Å². The highest BCUT2D eigenvalue weighted by atomic mass is 79.9. The lowest BCUT2D eigenvalue weighted by Crippen LogP contribution is -2.32. The van der Waals surface area contributed by atoms with Crippen molar-refractivity contribution >= 4 is 38.5 Å². The predicted molar refractivity (Wildman–Crippen MR) is 150 cm³/mol. The Bertz CT molecular complexity index is 1470. The van der Waals surface area contributed by atoms with Gasteiger partial charge in [0.15, 0.2) is 5.71 Å². The van der Waals surface area contributed by atoms with Crippen LogP contribution < -0.4 is 0 Å². The third-order valence-electron chi connectivity index (χ3n) is 6.47. The number of hydrogen-bond acceptors (Lipinski definition) is 3. The Kier molecular flexibility index (Phi) is 6.93. The molecule has 0 spiro atoms. The SMILES string of the molecule is Cn1cc(C/C(=N\OC(c2ccccc2)(c2ccccc2)c2ccccc2)C(=O)O)c2cc(Br)ccc21. The third kappa shape index (κ3) is 4.80. The molecule has 5 nitrogen and oxygen atoms in total. The molecule has 0 aliphatic rings. The van der Waals surface area contributed by atoms with E-state index in [1.54, 1.807) is 0 Å². The molecular formula is C31H25BrN2O3. The highest BCUT2D eigenvalue weighted by Crippen LogP contribution is 2.40. The van der Waals surface area contributed by atoms with Crippen molar-refractivity contribution in [3.05, 3.63) is 142 Å². The minimum atomic E-state index is -1.15. The zero-order chi connectivity index (χ0) is 25.8.